The Balaban J connectivity index is 2.70. The molecule has 1 atom stereocenters. The van der Waals surface area contributed by atoms with E-state index in [1.807, 2.05) is 5.38 Å². The number of anilines is 1. The maximum Gasteiger partial charge on any atom is 0.185 e. The molecule has 1 unspecified atom stereocenters. The lowest BCUT2D eigenvalue weighted by Crippen LogP contribution is -2.27. The van der Waals surface area contributed by atoms with Gasteiger partial charge < -0.3 is 4.90 Å². The van der Waals surface area contributed by atoms with E-state index >= 15 is 0 Å². The first-order valence-corrected chi connectivity index (χ1v) is 5.83. The van der Waals surface area contributed by atoms with Gasteiger partial charge in [-0.15, -0.1) is 22.9 Å². The molecule has 0 saturated carbocycles. The maximum absolute atomic E-state index is 5.68. The van der Waals surface area contributed by atoms with Crippen LogP contribution in [0.2, 0.25) is 0 Å². The fraction of sp³-hybridized carbons (Fsp3) is 0.667. The van der Waals surface area contributed by atoms with Crippen LogP contribution in [0.1, 0.15) is 26.0 Å². The normalized spacial score (nSPS) is 12.9. The van der Waals surface area contributed by atoms with Crippen LogP contribution < -0.4 is 4.90 Å². The predicted molar refractivity (Wildman–Crippen MR) is 59.8 cm³/mol. The van der Waals surface area contributed by atoms with Gasteiger partial charge in [0.25, 0.3) is 0 Å². The number of hydrogen-bond donors (Lipinski definition) is 0. The summed E-state index contributed by atoms with van der Waals surface area (Å²) in [5, 5.41) is 3.08. The maximum atomic E-state index is 5.68. The number of alkyl halides is 1. The van der Waals surface area contributed by atoms with Gasteiger partial charge in [-0.3, -0.25) is 0 Å². The van der Waals surface area contributed by atoms with E-state index in [1.54, 1.807) is 11.3 Å². The Labute approximate surface area is 88.5 Å². The number of aromatic nitrogens is 1. The molecule has 1 rings (SSSR count). The van der Waals surface area contributed by atoms with E-state index < -0.39 is 0 Å². The molecular weight excluding hydrogens is 204 g/mol. The lowest BCUT2D eigenvalue weighted by atomic mass is 10.2. The van der Waals surface area contributed by atoms with Crippen molar-refractivity contribution in [3.05, 3.63) is 11.1 Å². The molecule has 0 aromatic carbocycles. The van der Waals surface area contributed by atoms with E-state index in [4.69, 9.17) is 11.6 Å². The molecule has 0 aliphatic rings. The summed E-state index contributed by atoms with van der Waals surface area (Å²) in [6.07, 6.45) is 1.13. The van der Waals surface area contributed by atoms with Crippen LogP contribution in [0.3, 0.4) is 0 Å². The molecule has 74 valence electrons. The standard InChI is InChI=1S/C9H15ClN2S/c1-4-7(2)12(3)9-11-8(5-10)6-13-9/h6-7H,4-5H2,1-3H3. The summed E-state index contributed by atoms with van der Waals surface area (Å²) in [5.41, 5.74) is 0.969. The first-order valence-electron chi connectivity index (χ1n) is 4.42. The third-order valence-corrected chi connectivity index (χ3v) is 3.48. The highest BCUT2D eigenvalue weighted by Crippen LogP contribution is 2.22. The minimum absolute atomic E-state index is 0.505. The smallest absolute Gasteiger partial charge is 0.185 e. The van der Waals surface area contributed by atoms with Crippen molar-refractivity contribution in [1.82, 2.24) is 4.98 Å². The largest absolute Gasteiger partial charge is 0.348 e. The van der Waals surface area contributed by atoms with Crippen molar-refractivity contribution in [2.24, 2.45) is 0 Å². The van der Waals surface area contributed by atoms with Crippen molar-refractivity contribution >= 4 is 28.1 Å². The quantitative estimate of drug-likeness (QED) is 0.722. The Morgan fingerprint density at radius 1 is 1.69 bits per heavy atom. The summed E-state index contributed by atoms with van der Waals surface area (Å²) in [6, 6.07) is 0.536. The van der Waals surface area contributed by atoms with Gasteiger partial charge in [0, 0.05) is 18.5 Å². The Hall–Kier alpha value is -0.280. The molecule has 0 bridgehead atoms. The van der Waals surface area contributed by atoms with E-state index in [0.717, 1.165) is 17.2 Å². The van der Waals surface area contributed by atoms with Crippen molar-refractivity contribution in [3.63, 3.8) is 0 Å². The van der Waals surface area contributed by atoms with Gasteiger partial charge in [-0.2, -0.15) is 0 Å². The molecule has 0 N–H and O–H groups in total. The van der Waals surface area contributed by atoms with E-state index in [9.17, 15) is 0 Å². The minimum atomic E-state index is 0.505. The highest BCUT2D eigenvalue weighted by molar-refractivity contribution is 7.13. The van der Waals surface area contributed by atoms with E-state index in [-0.39, 0.29) is 0 Å². The topological polar surface area (TPSA) is 16.1 Å². The Morgan fingerprint density at radius 3 is 2.85 bits per heavy atom. The summed E-state index contributed by atoms with van der Waals surface area (Å²) in [6.45, 7) is 4.37. The molecule has 4 heteroatoms. The third-order valence-electron chi connectivity index (χ3n) is 2.23. The van der Waals surface area contributed by atoms with Crippen LogP contribution >= 0.6 is 22.9 Å². The van der Waals surface area contributed by atoms with Crippen molar-refractivity contribution in [2.75, 3.05) is 11.9 Å². The molecule has 0 aliphatic carbocycles. The van der Waals surface area contributed by atoms with E-state index in [2.05, 4.69) is 30.8 Å². The zero-order valence-corrected chi connectivity index (χ0v) is 9.82. The second-order valence-electron chi connectivity index (χ2n) is 3.12. The summed E-state index contributed by atoms with van der Waals surface area (Å²) in [7, 11) is 2.07. The molecule has 0 fully saturated rings. The molecule has 1 aromatic heterocycles. The lowest BCUT2D eigenvalue weighted by Gasteiger charge is -2.22. The molecule has 2 nitrogen and oxygen atoms in total. The Kier molecular flexibility index (Phi) is 4.00. The molecule has 13 heavy (non-hydrogen) atoms. The first kappa shape index (κ1) is 10.8. The second-order valence-corrected chi connectivity index (χ2v) is 4.23. The zero-order valence-electron chi connectivity index (χ0n) is 8.25. The van der Waals surface area contributed by atoms with Crippen LogP contribution in [0.4, 0.5) is 5.13 Å². The van der Waals surface area contributed by atoms with Gasteiger partial charge >= 0.3 is 0 Å². The van der Waals surface area contributed by atoms with Gasteiger partial charge in [0.05, 0.1) is 11.6 Å². The molecule has 0 amide bonds. The molecule has 1 aromatic rings. The monoisotopic (exact) mass is 218 g/mol. The van der Waals surface area contributed by atoms with E-state index in [0.29, 0.717) is 11.9 Å². The third kappa shape index (κ3) is 2.58. The zero-order chi connectivity index (χ0) is 9.84. The second kappa shape index (κ2) is 4.82. The highest BCUT2D eigenvalue weighted by atomic mass is 35.5. The molecule has 0 aliphatic heterocycles. The summed E-state index contributed by atoms with van der Waals surface area (Å²) in [4.78, 5) is 6.61. The van der Waals surface area contributed by atoms with Crippen LogP contribution in [0, 0.1) is 0 Å². The minimum Gasteiger partial charge on any atom is -0.348 e. The fourth-order valence-corrected chi connectivity index (χ4v) is 2.10. The van der Waals surface area contributed by atoms with E-state index in [1.165, 1.54) is 0 Å². The van der Waals surface area contributed by atoms with Crippen LogP contribution in [-0.4, -0.2) is 18.1 Å². The average molecular weight is 219 g/mol. The van der Waals surface area contributed by atoms with Gasteiger partial charge in [-0.05, 0) is 13.3 Å². The number of hydrogen-bond acceptors (Lipinski definition) is 3. The number of halogens is 1. The number of thiazole rings is 1. The Bertz CT molecular complexity index is 262. The van der Waals surface area contributed by atoms with Crippen LogP contribution in [0.5, 0.6) is 0 Å². The van der Waals surface area contributed by atoms with Crippen molar-refractivity contribution in [1.29, 1.82) is 0 Å². The average Bonchev–Trinajstić information content (AvgIpc) is 2.63. The van der Waals surface area contributed by atoms with Crippen LogP contribution in [-0.2, 0) is 5.88 Å². The molecule has 0 radical (unpaired) electrons. The predicted octanol–water partition coefficient (Wildman–Crippen LogP) is 3.12. The van der Waals surface area contributed by atoms with Gasteiger partial charge in [-0.1, -0.05) is 6.92 Å². The fourth-order valence-electron chi connectivity index (χ4n) is 0.982. The molecule has 0 spiro atoms. The van der Waals surface area contributed by atoms with Crippen LogP contribution in [0.25, 0.3) is 0 Å². The summed E-state index contributed by atoms with van der Waals surface area (Å²) >= 11 is 7.34. The van der Waals surface area contributed by atoms with Gasteiger partial charge in [0.1, 0.15) is 0 Å². The lowest BCUT2D eigenvalue weighted by molar-refractivity contribution is 0.661. The number of nitrogens with zero attached hydrogens (tertiary/aromatic N) is 2. The highest BCUT2D eigenvalue weighted by Gasteiger charge is 2.11. The number of rotatable bonds is 4. The van der Waals surface area contributed by atoms with Gasteiger partial charge in [-0.25, -0.2) is 4.98 Å². The summed E-state index contributed by atoms with van der Waals surface area (Å²) < 4.78 is 0. The SMILES string of the molecule is CCC(C)N(C)c1nc(CCl)cs1. The van der Waals surface area contributed by atoms with Gasteiger partial charge in [0.15, 0.2) is 5.13 Å². The van der Waals surface area contributed by atoms with Crippen molar-refractivity contribution < 1.29 is 0 Å². The Morgan fingerprint density at radius 2 is 2.38 bits per heavy atom. The molecule has 0 saturated heterocycles. The van der Waals surface area contributed by atoms with Crippen molar-refractivity contribution in [2.45, 2.75) is 32.2 Å². The molecular formula is C9H15ClN2S. The first-order chi connectivity index (χ1) is 6.19. The van der Waals surface area contributed by atoms with Gasteiger partial charge in [0.2, 0.25) is 0 Å². The van der Waals surface area contributed by atoms with Crippen LogP contribution in [0.15, 0.2) is 5.38 Å². The molecule has 1 heterocycles. The van der Waals surface area contributed by atoms with Crippen molar-refractivity contribution in [3.8, 4) is 0 Å². The summed E-state index contributed by atoms with van der Waals surface area (Å²) in [5.74, 6) is 0.505.